The van der Waals surface area contributed by atoms with Gasteiger partial charge in [0.25, 0.3) is 5.91 Å². The van der Waals surface area contributed by atoms with E-state index in [-0.39, 0.29) is 11.9 Å². The summed E-state index contributed by atoms with van der Waals surface area (Å²) in [6.07, 6.45) is 11.6. The summed E-state index contributed by atoms with van der Waals surface area (Å²) in [6, 6.07) is 25.5. The highest BCUT2D eigenvalue weighted by Gasteiger charge is 2.39. The van der Waals surface area contributed by atoms with Gasteiger partial charge in [-0.1, -0.05) is 86.0 Å². The van der Waals surface area contributed by atoms with Crippen LogP contribution in [-0.4, -0.2) is 23.9 Å². The smallest absolute Gasteiger partial charge is 0.255 e. The van der Waals surface area contributed by atoms with Crippen molar-refractivity contribution in [2.75, 3.05) is 12.4 Å². The zero-order valence-electron chi connectivity index (χ0n) is 21.6. The summed E-state index contributed by atoms with van der Waals surface area (Å²) in [5, 5.41) is 3.84. The van der Waals surface area contributed by atoms with E-state index in [4.69, 9.17) is 4.74 Å². The average Bonchev–Trinajstić information content (AvgIpc) is 3.46. The van der Waals surface area contributed by atoms with Gasteiger partial charge in [-0.05, 0) is 60.1 Å². The Bertz CT molecular complexity index is 1260. The SMILES string of the molecule is CN(C(=O)c1cccc2c1NC(c1ccc(OCc3ccccc3)cc1)C1CC=CC21)C1CCCCC1. The number of carbonyl (C=O) groups excluding carboxylic acids is 1. The van der Waals surface area contributed by atoms with E-state index in [0.717, 1.165) is 41.8 Å². The van der Waals surface area contributed by atoms with Crippen LogP contribution in [-0.2, 0) is 6.61 Å². The Morgan fingerprint density at radius 2 is 1.73 bits per heavy atom. The first kappa shape index (κ1) is 23.8. The highest BCUT2D eigenvalue weighted by Crippen LogP contribution is 2.51. The van der Waals surface area contributed by atoms with E-state index in [9.17, 15) is 4.79 Å². The number of benzene rings is 3. The number of para-hydroxylation sites is 1. The zero-order valence-corrected chi connectivity index (χ0v) is 21.6. The molecule has 1 aliphatic heterocycles. The van der Waals surface area contributed by atoms with Gasteiger partial charge in [0.1, 0.15) is 12.4 Å². The first-order chi connectivity index (χ1) is 18.2. The Hall–Kier alpha value is -3.53. The van der Waals surface area contributed by atoms with Gasteiger partial charge in [0, 0.05) is 19.0 Å². The number of nitrogens with zero attached hydrogens (tertiary/aromatic N) is 1. The molecule has 0 aromatic heterocycles. The van der Waals surface area contributed by atoms with Crippen molar-refractivity contribution in [3.05, 3.63) is 107 Å². The molecule has 3 unspecified atom stereocenters. The predicted molar refractivity (Wildman–Crippen MR) is 149 cm³/mol. The Balaban J connectivity index is 1.24. The maximum absolute atomic E-state index is 13.7. The molecule has 3 aromatic rings. The van der Waals surface area contributed by atoms with E-state index in [2.05, 4.69) is 66.0 Å². The van der Waals surface area contributed by atoms with E-state index < -0.39 is 0 Å². The second-order valence-electron chi connectivity index (χ2n) is 10.8. The van der Waals surface area contributed by atoms with Crippen molar-refractivity contribution >= 4 is 11.6 Å². The van der Waals surface area contributed by atoms with Gasteiger partial charge in [0.2, 0.25) is 0 Å². The van der Waals surface area contributed by atoms with Crippen LogP contribution in [0.4, 0.5) is 5.69 Å². The number of ether oxygens (including phenoxy) is 1. The van der Waals surface area contributed by atoms with Crippen molar-refractivity contribution in [2.45, 2.75) is 63.1 Å². The van der Waals surface area contributed by atoms with Crippen LogP contribution in [0, 0.1) is 5.92 Å². The molecule has 2 aliphatic carbocycles. The summed E-state index contributed by atoms with van der Waals surface area (Å²) < 4.78 is 6.03. The molecule has 6 rings (SSSR count). The van der Waals surface area contributed by atoms with E-state index >= 15 is 0 Å². The van der Waals surface area contributed by atoms with Crippen LogP contribution in [0.1, 0.15) is 77.5 Å². The van der Waals surface area contributed by atoms with Crippen LogP contribution in [0.15, 0.2) is 84.9 Å². The Kier molecular flexibility index (Phi) is 6.73. The van der Waals surface area contributed by atoms with Crippen LogP contribution in [0.5, 0.6) is 5.75 Å². The summed E-state index contributed by atoms with van der Waals surface area (Å²) >= 11 is 0. The molecule has 4 nitrogen and oxygen atoms in total. The summed E-state index contributed by atoms with van der Waals surface area (Å²) in [4.78, 5) is 15.7. The third kappa shape index (κ3) is 4.77. The van der Waals surface area contributed by atoms with E-state index in [0.29, 0.717) is 24.5 Å². The molecule has 1 fully saturated rings. The van der Waals surface area contributed by atoms with Crippen molar-refractivity contribution in [3.63, 3.8) is 0 Å². The predicted octanol–water partition coefficient (Wildman–Crippen LogP) is 7.50. The van der Waals surface area contributed by atoms with Crippen LogP contribution >= 0.6 is 0 Å². The molecule has 190 valence electrons. The highest BCUT2D eigenvalue weighted by atomic mass is 16.5. The maximum Gasteiger partial charge on any atom is 0.255 e. The lowest BCUT2D eigenvalue weighted by molar-refractivity contribution is 0.0697. The van der Waals surface area contributed by atoms with Gasteiger partial charge in [0.15, 0.2) is 0 Å². The summed E-state index contributed by atoms with van der Waals surface area (Å²) in [6.45, 7) is 0.559. The number of carbonyl (C=O) groups is 1. The highest BCUT2D eigenvalue weighted by molar-refractivity contribution is 6.01. The molecule has 0 saturated heterocycles. The molecular formula is C33H36N2O2. The maximum atomic E-state index is 13.7. The molecule has 3 atom stereocenters. The van der Waals surface area contributed by atoms with Gasteiger partial charge in [-0.15, -0.1) is 0 Å². The molecule has 1 saturated carbocycles. The van der Waals surface area contributed by atoms with E-state index in [1.165, 1.54) is 30.4 Å². The number of allylic oxidation sites excluding steroid dienone is 2. The second kappa shape index (κ2) is 10.5. The van der Waals surface area contributed by atoms with Crippen molar-refractivity contribution in [3.8, 4) is 5.75 Å². The number of fused-ring (bicyclic) bond motifs is 3. The Labute approximate surface area is 220 Å². The molecule has 0 spiro atoms. The second-order valence-corrected chi connectivity index (χ2v) is 10.8. The average molecular weight is 493 g/mol. The van der Waals surface area contributed by atoms with Crippen molar-refractivity contribution in [2.24, 2.45) is 5.92 Å². The summed E-state index contributed by atoms with van der Waals surface area (Å²) in [7, 11) is 1.99. The standard InChI is InChI=1S/C33H36N2O2/c1-35(25-12-6-3-7-13-25)33(36)30-17-9-16-29-27-14-8-15-28(27)31(34-32(29)30)24-18-20-26(21-19-24)37-22-23-10-4-2-5-11-23/h2,4-5,8-11,14,16-21,25,27-28,31,34H,3,6-7,12-13,15,22H2,1H3. The number of anilines is 1. The Morgan fingerprint density at radius 1 is 0.946 bits per heavy atom. The molecule has 1 amide bonds. The monoisotopic (exact) mass is 492 g/mol. The van der Waals surface area contributed by atoms with Gasteiger partial charge >= 0.3 is 0 Å². The van der Waals surface area contributed by atoms with E-state index in [1.807, 2.05) is 36.2 Å². The van der Waals surface area contributed by atoms with Crippen LogP contribution < -0.4 is 10.1 Å². The van der Waals surface area contributed by atoms with Gasteiger partial charge in [-0.25, -0.2) is 0 Å². The number of nitrogens with one attached hydrogen (secondary N) is 1. The van der Waals surface area contributed by atoms with Crippen LogP contribution in [0.2, 0.25) is 0 Å². The largest absolute Gasteiger partial charge is 0.489 e. The van der Waals surface area contributed by atoms with Gasteiger partial charge in [0.05, 0.1) is 17.3 Å². The summed E-state index contributed by atoms with van der Waals surface area (Å²) in [5.41, 5.74) is 5.46. The lowest BCUT2D eigenvalue weighted by Crippen LogP contribution is -2.39. The van der Waals surface area contributed by atoms with Gasteiger partial charge < -0.3 is 15.0 Å². The number of hydrogen-bond donors (Lipinski definition) is 1. The molecule has 37 heavy (non-hydrogen) atoms. The molecular weight excluding hydrogens is 456 g/mol. The minimum absolute atomic E-state index is 0.139. The third-order valence-corrected chi connectivity index (χ3v) is 8.56. The molecule has 1 heterocycles. The zero-order chi connectivity index (χ0) is 25.2. The fourth-order valence-electron chi connectivity index (χ4n) is 6.47. The Morgan fingerprint density at radius 3 is 2.51 bits per heavy atom. The number of hydrogen-bond acceptors (Lipinski definition) is 3. The lowest BCUT2D eigenvalue weighted by atomic mass is 9.76. The third-order valence-electron chi connectivity index (χ3n) is 8.56. The van der Waals surface area contributed by atoms with Crippen LogP contribution in [0.25, 0.3) is 0 Å². The normalized spacial score (nSPS) is 22.6. The minimum atomic E-state index is 0.139. The molecule has 3 aliphatic rings. The molecule has 0 bridgehead atoms. The molecule has 1 N–H and O–H groups in total. The molecule has 0 radical (unpaired) electrons. The van der Waals surface area contributed by atoms with E-state index in [1.54, 1.807) is 0 Å². The fourth-order valence-corrected chi connectivity index (χ4v) is 6.47. The summed E-state index contributed by atoms with van der Waals surface area (Å²) in [5.74, 6) is 1.77. The van der Waals surface area contributed by atoms with Crippen molar-refractivity contribution < 1.29 is 9.53 Å². The van der Waals surface area contributed by atoms with Crippen LogP contribution in [0.3, 0.4) is 0 Å². The number of rotatable bonds is 6. The van der Waals surface area contributed by atoms with Gasteiger partial charge in [-0.2, -0.15) is 0 Å². The topological polar surface area (TPSA) is 41.6 Å². The van der Waals surface area contributed by atoms with Crippen molar-refractivity contribution in [1.29, 1.82) is 0 Å². The van der Waals surface area contributed by atoms with Gasteiger partial charge in [-0.3, -0.25) is 4.79 Å². The quantitative estimate of drug-likeness (QED) is 0.362. The fraction of sp³-hybridized carbons (Fsp3) is 0.364. The number of amides is 1. The first-order valence-corrected chi connectivity index (χ1v) is 13.8. The van der Waals surface area contributed by atoms with Crippen molar-refractivity contribution in [1.82, 2.24) is 4.90 Å². The molecule has 4 heteroatoms. The molecule has 3 aromatic carbocycles. The lowest BCUT2D eigenvalue weighted by Gasteiger charge is -2.39. The first-order valence-electron chi connectivity index (χ1n) is 13.8. The minimum Gasteiger partial charge on any atom is -0.489 e.